The Balaban J connectivity index is 2.05. The third kappa shape index (κ3) is 1.89. The lowest BCUT2D eigenvalue weighted by atomic mass is 10.1. The molecule has 4 rings (SSSR count). The minimum Gasteiger partial charge on any atom is -0.351 e. The molecule has 0 radical (unpaired) electrons. The van der Waals surface area contributed by atoms with Gasteiger partial charge in [-0.05, 0) is 18.2 Å². The highest BCUT2D eigenvalue weighted by molar-refractivity contribution is 6.34. The Hall–Kier alpha value is -2.72. The van der Waals surface area contributed by atoms with Crippen molar-refractivity contribution in [3.05, 3.63) is 59.2 Å². The minimum atomic E-state index is 0.371. The van der Waals surface area contributed by atoms with Gasteiger partial charge in [0, 0.05) is 16.3 Å². The first-order valence-corrected chi connectivity index (χ1v) is 7.14. The first-order chi connectivity index (χ1) is 10.8. The lowest BCUT2D eigenvalue weighted by molar-refractivity contribution is 0.112. The van der Waals surface area contributed by atoms with Crippen molar-refractivity contribution in [2.45, 2.75) is 0 Å². The highest BCUT2D eigenvalue weighted by atomic mass is 35.5. The summed E-state index contributed by atoms with van der Waals surface area (Å²) in [7, 11) is 0. The van der Waals surface area contributed by atoms with E-state index in [2.05, 4.69) is 15.0 Å². The normalized spacial score (nSPS) is 11.1. The average Bonchev–Trinajstić information content (AvgIpc) is 2.93. The van der Waals surface area contributed by atoms with Crippen molar-refractivity contribution in [3.63, 3.8) is 0 Å². The fourth-order valence-corrected chi connectivity index (χ4v) is 2.85. The van der Waals surface area contributed by atoms with Gasteiger partial charge in [-0.15, -0.1) is 0 Å². The number of benzene rings is 2. The lowest BCUT2D eigenvalue weighted by Gasteiger charge is -2.03. The van der Waals surface area contributed by atoms with E-state index in [9.17, 15) is 4.79 Å². The predicted octanol–water partition coefficient (Wildman–Crippen LogP) is 4.24. The molecule has 106 valence electrons. The molecule has 0 atom stereocenters. The van der Waals surface area contributed by atoms with E-state index in [0.717, 1.165) is 28.1 Å². The van der Waals surface area contributed by atoms with Crippen molar-refractivity contribution in [2.24, 2.45) is 0 Å². The molecule has 0 aliphatic carbocycles. The summed E-state index contributed by atoms with van der Waals surface area (Å²) in [5.74, 6) is 0.419. The number of fused-ring (bicyclic) bond motifs is 2. The molecule has 0 unspecified atom stereocenters. The molecule has 22 heavy (non-hydrogen) atoms. The Morgan fingerprint density at radius 2 is 1.68 bits per heavy atom. The van der Waals surface area contributed by atoms with Gasteiger partial charge in [0.05, 0.1) is 16.8 Å². The van der Waals surface area contributed by atoms with Crippen molar-refractivity contribution in [1.29, 1.82) is 0 Å². The number of aromatic amines is 1. The Labute approximate surface area is 130 Å². The zero-order valence-corrected chi connectivity index (χ0v) is 12.1. The Morgan fingerprint density at radius 3 is 2.50 bits per heavy atom. The smallest absolute Gasteiger partial charge is 0.178 e. The Kier molecular flexibility index (Phi) is 2.91. The predicted molar refractivity (Wildman–Crippen MR) is 87.2 cm³/mol. The molecule has 0 amide bonds. The summed E-state index contributed by atoms with van der Waals surface area (Å²) < 4.78 is 0. The second-order valence-corrected chi connectivity index (χ2v) is 5.29. The van der Waals surface area contributed by atoms with Gasteiger partial charge in [-0.1, -0.05) is 41.9 Å². The number of nitrogens with zero attached hydrogens (tertiary/aromatic N) is 2. The molecule has 4 aromatic rings. The van der Waals surface area contributed by atoms with Gasteiger partial charge in [-0.2, -0.15) is 0 Å². The fraction of sp³-hybridized carbons (Fsp3) is 0. The van der Waals surface area contributed by atoms with Gasteiger partial charge in [0.25, 0.3) is 0 Å². The van der Waals surface area contributed by atoms with E-state index in [0.29, 0.717) is 22.2 Å². The Morgan fingerprint density at radius 1 is 0.955 bits per heavy atom. The number of H-pyrrole nitrogens is 1. The van der Waals surface area contributed by atoms with E-state index in [1.807, 2.05) is 48.5 Å². The molecule has 0 bridgehead atoms. The van der Waals surface area contributed by atoms with Crippen LogP contribution in [-0.4, -0.2) is 21.2 Å². The second-order valence-electron chi connectivity index (χ2n) is 4.93. The SMILES string of the molecule is O=Cc1c(-c2nc(Cl)c3ccccc3n2)[nH]c2ccccc12. The lowest BCUT2D eigenvalue weighted by Crippen LogP contribution is -1.94. The van der Waals surface area contributed by atoms with Gasteiger partial charge < -0.3 is 4.98 Å². The van der Waals surface area contributed by atoms with Gasteiger partial charge in [0.2, 0.25) is 0 Å². The summed E-state index contributed by atoms with van der Waals surface area (Å²) in [5.41, 5.74) is 2.74. The molecule has 0 fully saturated rings. The maximum Gasteiger partial charge on any atom is 0.178 e. The molecule has 0 saturated carbocycles. The second kappa shape index (κ2) is 4.93. The molecule has 0 spiro atoms. The summed E-state index contributed by atoms with van der Waals surface area (Å²) in [6, 6.07) is 15.1. The standard InChI is InChI=1S/C17H10ClN3O/c18-16-11-6-2-4-8-14(11)20-17(21-16)15-12(9-22)10-5-1-3-7-13(10)19-15/h1-9,19H. The zero-order valence-electron chi connectivity index (χ0n) is 11.4. The van der Waals surface area contributed by atoms with E-state index in [1.54, 1.807) is 0 Å². The van der Waals surface area contributed by atoms with Crippen LogP contribution in [0.1, 0.15) is 10.4 Å². The number of rotatable bonds is 2. The van der Waals surface area contributed by atoms with Crippen LogP contribution in [0.2, 0.25) is 5.15 Å². The van der Waals surface area contributed by atoms with Crippen LogP contribution >= 0.6 is 11.6 Å². The van der Waals surface area contributed by atoms with Crippen LogP contribution in [0.4, 0.5) is 0 Å². The summed E-state index contributed by atoms with van der Waals surface area (Å²) >= 11 is 6.25. The number of hydrogen-bond acceptors (Lipinski definition) is 3. The van der Waals surface area contributed by atoms with Gasteiger partial charge >= 0.3 is 0 Å². The largest absolute Gasteiger partial charge is 0.351 e. The van der Waals surface area contributed by atoms with Crippen molar-refractivity contribution >= 4 is 39.7 Å². The summed E-state index contributed by atoms with van der Waals surface area (Å²) in [5, 5.41) is 2.01. The van der Waals surface area contributed by atoms with Crippen LogP contribution in [-0.2, 0) is 0 Å². The maximum absolute atomic E-state index is 11.5. The number of hydrogen-bond donors (Lipinski definition) is 1. The Bertz CT molecular complexity index is 1020. The molecule has 2 heterocycles. The van der Waals surface area contributed by atoms with Gasteiger partial charge in [-0.25, -0.2) is 9.97 Å². The van der Waals surface area contributed by atoms with Gasteiger partial charge in [-0.3, -0.25) is 4.79 Å². The molecule has 2 aromatic heterocycles. The molecule has 0 aliphatic heterocycles. The van der Waals surface area contributed by atoms with Gasteiger partial charge in [0.1, 0.15) is 5.15 Å². The monoisotopic (exact) mass is 307 g/mol. The molecular weight excluding hydrogens is 298 g/mol. The number of aromatic nitrogens is 3. The molecule has 5 heteroatoms. The minimum absolute atomic E-state index is 0.371. The first-order valence-electron chi connectivity index (χ1n) is 6.76. The van der Waals surface area contributed by atoms with Crippen molar-refractivity contribution in [3.8, 4) is 11.5 Å². The zero-order chi connectivity index (χ0) is 15.1. The van der Waals surface area contributed by atoms with Crippen LogP contribution in [0.5, 0.6) is 0 Å². The number of nitrogens with one attached hydrogen (secondary N) is 1. The van der Waals surface area contributed by atoms with Crippen LogP contribution in [0.3, 0.4) is 0 Å². The molecule has 1 N–H and O–H groups in total. The van der Waals surface area contributed by atoms with E-state index < -0.39 is 0 Å². The molecule has 0 aliphatic rings. The van der Waals surface area contributed by atoms with Gasteiger partial charge in [0.15, 0.2) is 12.1 Å². The van der Waals surface area contributed by atoms with E-state index >= 15 is 0 Å². The van der Waals surface area contributed by atoms with Crippen molar-refractivity contribution < 1.29 is 4.79 Å². The fourth-order valence-electron chi connectivity index (χ4n) is 2.61. The summed E-state index contributed by atoms with van der Waals surface area (Å²) in [6.07, 6.45) is 0.820. The molecule has 4 nitrogen and oxygen atoms in total. The van der Waals surface area contributed by atoms with E-state index in [1.165, 1.54) is 0 Å². The quantitative estimate of drug-likeness (QED) is 0.445. The molecule has 0 saturated heterocycles. The highest BCUT2D eigenvalue weighted by Crippen LogP contribution is 2.29. The number of carbonyl (C=O) groups is 1. The van der Waals surface area contributed by atoms with Crippen LogP contribution in [0.15, 0.2) is 48.5 Å². The van der Waals surface area contributed by atoms with Crippen LogP contribution in [0.25, 0.3) is 33.3 Å². The number of halogens is 1. The number of carbonyl (C=O) groups excluding carboxylic acids is 1. The van der Waals surface area contributed by atoms with Crippen LogP contribution < -0.4 is 0 Å². The van der Waals surface area contributed by atoms with Crippen LogP contribution in [0, 0.1) is 0 Å². The molecule has 2 aromatic carbocycles. The maximum atomic E-state index is 11.5. The first kappa shape index (κ1) is 13.0. The van der Waals surface area contributed by atoms with E-state index in [-0.39, 0.29) is 0 Å². The number of para-hydroxylation sites is 2. The third-order valence-electron chi connectivity index (χ3n) is 3.64. The third-order valence-corrected chi connectivity index (χ3v) is 3.93. The number of aldehydes is 1. The van der Waals surface area contributed by atoms with Crippen molar-refractivity contribution in [1.82, 2.24) is 15.0 Å². The average molecular weight is 308 g/mol. The van der Waals surface area contributed by atoms with E-state index in [4.69, 9.17) is 11.6 Å². The summed E-state index contributed by atoms with van der Waals surface area (Å²) in [6.45, 7) is 0. The highest BCUT2D eigenvalue weighted by Gasteiger charge is 2.16. The molecular formula is C17H10ClN3O. The summed E-state index contributed by atoms with van der Waals surface area (Å²) in [4.78, 5) is 23.6. The van der Waals surface area contributed by atoms with Crippen molar-refractivity contribution in [2.75, 3.05) is 0 Å². The topological polar surface area (TPSA) is 58.6 Å².